The van der Waals surface area contributed by atoms with E-state index in [4.69, 9.17) is 5.73 Å². The van der Waals surface area contributed by atoms with Gasteiger partial charge in [-0.2, -0.15) is 5.26 Å². The van der Waals surface area contributed by atoms with Gasteiger partial charge in [-0.05, 0) is 23.8 Å². The number of hydrogen-bond acceptors (Lipinski definition) is 3. The van der Waals surface area contributed by atoms with Crippen LogP contribution >= 0.6 is 0 Å². The van der Waals surface area contributed by atoms with Gasteiger partial charge in [0.2, 0.25) is 0 Å². The molecule has 84 valence electrons. The molecule has 0 radical (unpaired) electrons. The van der Waals surface area contributed by atoms with Crippen LogP contribution in [-0.4, -0.2) is 5.11 Å². The van der Waals surface area contributed by atoms with Gasteiger partial charge in [-0.1, -0.05) is 30.3 Å². The quantitative estimate of drug-likeness (QED) is 0.608. The molecule has 2 rings (SSSR count). The second-order valence-electron chi connectivity index (χ2n) is 3.79. The lowest BCUT2D eigenvalue weighted by molar-refractivity contribution is 0.468. The number of benzene rings is 2. The highest BCUT2D eigenvalue weighted by Crippen LogP contribution is 2.32. The molecule has 0 heterocycles. The number of nitriles is 1. The summed E-state index contributed by atoms with van der Waals surface area (Å²) < 4.78 is 0. The molecule has 0 spiro atoms. The van der Waals surface area contributed by atoms with Gasteiger partial charge in [0.05, 0.1) is 12.0 Å². The van der Waals surface area contributed by atoms with Crippen molar-refractivity contribution in [2.45, 2.75) is 5.92 Å². The van der Waals surface area contributed by atoms with Crippen LogP contribution < -0.4 is 5.73 Å². The predicted molar refractivity (Wildman–Crippen MR) is 66.4 cm³/mol. The molecule has 3 heteroatoms. The number of anilines is 1. The topological polar surface area (TPSA) is 70.0 Å². The monoisotopic (exact) mass is 224 g/mol. The molecular weight excluding hydrogens is 212 g/mol. The first-order chi connectivity index (χ1) is 8.22. The zero-order valence-corrected chi connectivity index (χ0v) is 9.17. The summed E-state index contributed by atoms with van der Waals surface area (Å²) in [5, 5.41) is 19.0. The van der Waals surface area contributed by atoms with Crippen molar-refractivity contribution in [1.82, 2.24) is 0 Å². The maximum absolute atomic E-state index is 9.79. The summed E-state index contributed by atoms with van der Waals surface area (Å²) in [6.45, 7) is 0. The predicted octanol–water partition coefficient (Wildman–Crippen LogP) is 2.63. The first kappa shape index (κ1) is 11.0. The highest BCUT2D eigenvalue weighted by atomic mass is 16.3. The molecule has 0 aliphatic heterocycles. The molecule has 2 aromatic rings. The Morgan fingerprint density at radius 2 is 1.82 bits per heavy atom. The van der Waals surface area contributed by atoms with Crippen molar-refractivity contribution in [1.29, 1.82) is 5.26 Å². The minimum Gasteiger partial charge on any atom is -0.508 e. The van der Waals surface area contributed by atoms with Crippen molar-refractivity contribution in [3.05, 3.63) is 59.7 Å². The van der Waals surface area contributed by atoms with Gasteiger partial charge in [-0.15, -0.1) is 0 Å². The number of nitrogens with zero attached hydrogens (tertiary/aromatic N) is 1. The molecule has 0 amide bonds. The van der Waals surface area contributed by atoms with E-state index in [0.717, 1.165) is 5.56 Å². The number of nitrogen functional groups attached to an aromatic ring is 1. The van der Waals surface area contributed by atoms with Gasteiger partial charge in [-0.3, -0.25) is 0 Å². The van der Waals surface area contributed by atoms with Crippen molar-refractivity contribution < 1.29 is 5.11 Å². The van der Waals surface area contributed by atoms with E-state index in [1.807, 2.05) is 30.3 Å². The minimum atomic E-state index is -0.500. The summed E-state index contributed by atoms with van der Waals surface area (Å²) in [7, 11) is 0. The average Bonchev–Trinajstić information content (AvgIpc) is 2.36. The molecule has 0 fully saturated rings. The van der Waals surface area contributed by atoms with Crippen LogP contribution in [0.4, 0.5) is 5.69 Å². The van der Waals surface area contributed by atoms with E-state index in [-0.39, 0.29) is 5.75 Å². The molecule has 17 heavy (non-hydrogen) atoms. The minimum absolute atomic E-state index is 0.0922. The molecule has 1 atom stereocenters. The van der Waals surface area contributed by atoms with E-state index in [1.54, 1.807) is 12.1 Å². The van der Waals surface area contributed by atoms with Gasteiger partial charge in [0, 0.05) is 11.3 Å². The first-order valence-corrected chi connectivity index (χ1v) is 5.25. The van der Waals surface area contributed by atoms with Crippen molar-refractivity contribution in [3.8, 4) is 11.8 Å². The number of rotatable bonds is 2. The van der Waals surface area contributed by atoms with Crippen molar-refractivity contribution >= 4 is 5.69 Å². The maximum atomic E-state index is 9.79. The van der Waals surface area contributed by atoms with Crippen LogP contribution in [0.5, 0.6) is 5.75 Å². The van der Waals surface area contributed by atoms with Crippen LogP contribution in [-0.2, 0) is 0 Å². The number of aromatic hydroxyl groups is 1. The largest absolute Gasteiger partial charge is 0.508 e. The van der Waals surface area contributed by atoms with Crippen molar-refractivity contribution in [3.63, 3.8) is 0 Å². The maximum Gasteiger partial charge on any atom is 0.120 e. The van der Waals surface area contributed by atoms with E-state index in [1.165, 1.54) is 6.07 Å². The Morgan fingerprint density at radius 1 is 1.12 bits per heavy atom. The Bertz CT molecular complexity index is 558. The Morgan fingerprint density at radius 3 is 2.47 bits per heavy atom. The Kier molecular flexibility index (Phi) is 2.97. The zero-order chi connectivity index (χ0) is 12.3. The number of nitrogens with two attached hydrogens (primary N) is 1. The third kappa shape index (κ3) is 2.21. The van der Waals surface area contributed by atoms with Crippen LogP contribution in [0.3, 0.4) is 0 Å². The van der Waals surface area contributed by atoms with E-state index in [0.29, 0.717) is 11.3 Å². The molecular formula is C14H12N2O. The Labute approximate surface area is 99.7 Å². The number of hydrogen-bond donors (Lipinski definition) is 2. The van der Waals surface area contributed by atoms with Gasteiger partial charge in [0.1, 0.15) is 5.75 Å². The van der Waals surface area contributed by atoms with Gasteiger partial charge in [-0.25, -0.2) is 0 Å². The molecule has 0 bridgehead atoms. The summed E-state index contributed by atoms with van der Waals surface area (Å²) in [6.07, 6.45) is 0. The van der Waals surface area contributed by atoms with Gasteiger partial charge >= 0.3 is 0 Å². The van der Waals surface area contributed by atoms with Crippen LogP contribution in [0.2, 0.25) is 0 Å². The van der Waals surface area contributed by atoms with E-state index in [2.05, 4.69) is 6.07 Å². The van der Waals surface area contributed by atoms with E-state index >= 15 is 0 Å². The molecule has 2 aromatic carbocycles. The summed E-state index contributed by atoms with van der Waals surface area (Å²) in [4.78, 5) is 0. The number of phenolic OH excluding ortho intramolecular Hbond substituents is 1. The van der Waals surface area contributed by atoms with Crippen molar-refractivity contribution in [2.24, 2.45) is 0 Å². The fourth-order valence-electron chi connectivity index (χ4n) is 1.77. The van der Waals surface area contributed by atoms with Gasteiger partial charge in [0.15, 0.2) is 0 Å². The molecule has 0 aromatic heterocycles. The third-order valence-electron chi connectivity index (χ3n) is 2.62. The average molecular weight is 224 g/mol. The first-order valence-electron chi connectivity index (χ1n) is 5.25. The molecule has 3 nitrogen and oxygen atoms in total. The summed E-state index contributed by atoms with van der Waals surface area (Å²) in [5.41, 5.74) is 7.60. The van der Waals surface area contributed by atoms with E-state index < -0.39 is 5.92 Å². The lowest BCUT2D eigenvalue weighted by atomic mass is 9.92. The SMILES string of the molecule is N#CC(c1ccccc1)c1cc(N)ccc1O. The van der Waals surface area contributed by atoms with Gasteiger partial charge < -0.3 is 10.8 Å². The summed E-state index contributed by atoms with van der Waals surface area (Å²) >= 11 is 0. The Hall–Kier alpha value is -2.47. The normalized spacial score (nSPS) is 11.7. The standard InChI is InChI=1S/C14H12N2O/c15-9-13(10-4-2-1-3-5-10)12-8-11(16)6-7-14(12)17/h1-8,13,17H,16H2. The van der Waals surface area contributed by atoms with E-state index in [9.17, 15) is 10.4 Å². The summed E-state index contributed by atoms with van der Waals surface area (Å²) in [5.74, 6) is -0.408. The van der Waals surface area contributed by atoms with Crippen molar-refractivity contribution in [2.75, 3.05) is 5.73 Å². The highest BCUT2D eigenvalue weighted by Gasteiger charge is 2.16. The zero-order valence-electron chi connectivity index (χ0n) is 9.17. The molecule has 1 unspecified atom stereocenters. The highest BCUT2D eigenvalue weighted by molar-refractivity contribution is 5.53. The fourth-order valence-corrected chi connectivity index (χ4v) is 1.77. The number of phenols is 1. The van der Waals surface area contributed by atoms with Crippen LogP contribution in [0, 0.1) is 11.3 Å². The third-order valence-corrected chi connectivity index (χ3v) is 2.62. The Balaban J connectivity index is 2.51. The second kappa shape index (κ2) is 4.58. The van der Waals surface area contributed by atoms with Crippen LogP contribution in [0.15, 0.2) is 48.5 Å². The lowest BCUT2D eigenvalue weighted by Gasteiger charge is -2.12. The molecule has 0 aliphatic rings. The molecule has 0 aliphatic carbocycles. The second-order valence-corrected chi connectivity index (χ2v) is 3.79. The fraction of sp³-hybridized carbons (Fsp3) is 0.0714. The smallest absolute Gasteiger partial charge is 0.120 e. The molecule has 0 saturated carbocycles. The van der Waals surface area contributed by atoms with Gasteiger partial charge in [0.25, 0.3) is 0 Å². The molecule has 3 N–H and O–H groups in total. The molecule has 0 saturated heterocycles. The summed E-state index contributed by atoms with van der Waals surface area (Å²) in [6, 6.07) is 16.3. The lowest BCUT2D eigenvalue weighted by Crippen LogP contribution is -1.99. The van der Waals surface area contributed by atoms with Crippen LogP contribution in [0.25, 0.3) is 0 Å². The van der Waals surface area contributed by atoms with Crippen LogP contribution in [0.1, 0.15) is 17.0 Å².